The van der Waals surface area contributed by atoms with Crippen molar-refractivity contribution < 1.29 is 19.2 Å². The second-order valence-electron chi connectivity index (χ2n) is 4.26. The largest absolute Gasteiger partial charge is 0.423 e. The molecule has 0 radical (unpaired) electrons. The van der Waals surface area contributed by atoms with Crippen LogP contribution in [0.4, 0.5) is 5.69 Å². The molecule has 0 aliphatic rings. The summed E-state index contributed by atoms with van der Waals surface area (Å²) in [6.07, 6.45) is 0.943. The van der Waals surface area contributed by atoms with Gasteiger partial charge in [-0.3, -0.25) is 14.9 Å². The number of carbonyl (C=O) groups excluding carboxylic acids is 2. The molecule has 0 bridgehead atoms. The van der Waals surface area contributed by atoms with E-state index in [1.807, 2.05) is 0 Å². The van der Waals surface area contributed by atoms with Crippen molar-refractivity contribution >= 4 is 17.4 Å². The second kappa shape index (κ2) is 6.45. The van der Waals surface area contributed by atoms with E-state index in [-0.39, 0.29) is 17.0 Å². The van der Waals surface area contributed by atoms with Crippen LogP contribution in [-0.4, -0.2) is 16.7 Å². The van der Waals surface area contributed by atoms with Crippen molar-refractivity contribution in [2.24, 2.45) is 0 Å². The van der Waals surface area contributed by atoms with E-state index in [0.29, 0.717) is 5.56 Å². The highest BCUT2D eigenvalue weighted by Crippen LogP contribution is 2.27. The fourth-order valence-electron chi connectivity index (χ4n) is 1.79. The summed E-state index contributed by atoms with van der Waals surface area (Å²) in [6.45, 7) is 3.27. The van der Waals surface area contributed by atoms with Gasteiger partial charge in [-0.05, 0) is 6.07 Å². The zero-order valence-corrected chi connectivity index (χ0v) is 11.4. The lowest BCUT2D eigenvalue weighted by Crippen LogP contribution is -2.10. The van der Waals surface area contributed by atoms with Crippen molar-refractivity contribution in [2.45, 2.75) is 0 Å². The zero-order valence-electron chi connectivity index (χ0n) is 11.4. The Hall–Kier alpha value is -3.28. The molecule has 0 fully saturated rings. The molecule has 0 aliphatic carbocycles. The number of non-ortho nitro benzene ring substituents is 1. The number of carbonyl (C=O) groups is 2. The molecule has 0 N–H and O–H groups in total. The molecule has 0 saturated carbocycles. The smallest absolute Gasteiger partial charge is 0.335 e. The molecule has 0 aromatic heterocycles. The molecule has 2 aromatic carbocycles. The summed E-state index contributed by atoms with van der Waals surface area (Å²) >= 11 is 0. The maximum atomic E-state index is 12.5. The molecule has 2 rings (SSSR count). The molecule has 6 heteroatoms. The van der Waals surface area contributed by atoms with Crippen molar-refractivity contribution in [3.8, 4) is 5.75 Å². The van der Waals surface area contributed by atoms with E-state index in [2.05, 4.69) is 6.58 Å². The summed E-state index contributed by atoms with van der Waals surface area (Å²) in [5, 5.41) is 10.9. The lowest BCUT2D eigenvalue weighted by molar-refractivity contribution is -0.384. The fraction of sp³-hybridized carbons (Fsp3) is 0. The average molecular weight is 297 g/mol. The molecule has 22 heavy (non-hydrogen) atoms. The first-order valence-electron chi connectivity index (χ1n) is 6.25. The van der Waals surface area contributed by atoms with E-state index in [9.17, 15) is 19.7 Å². The van der Waals surface area contributed by atoms with Gasteiger partial charge >= 0.3 is 5.97 Å². The molecule has 110 valence electrons. The first-order valence-corrected chi connectivity index (χ1v) is 6.25. The average Bonchev–Trinajstić information content (AvgIpc) is 2.55. The second-order valence-corrected chi connectivity index (χ2v) is 4.26. The number of nitro benzene ring substituents is 1. The number of rotatable bonds is 5. The first-order chi connectivity index (χ1) is 10.5. The van der Waals surface area contributed by atoms with Crippen LogP contribution in [0.15, 0.2) is 61.2 Å². The van der Waals surface area contributed by atoms with Crippen LogP contribution in [-0.2, 0) is 4.79 Å². The quantitative estimate of drug-likeness (QED) is 0.211. The van der Waals surface area contributed by atoms with Crippen molar-refractivity contribution in [1.29, 1.82) is 0 Å². The number of ketones is 1. The number of hydrogen-bond acceptors (Lipinski definition) is 5. The Morgan fingerprint density at radius 3 is 2.41 bits per heavy atom. The van der Waals surface area contributed by atoms with Gasteiger partial charge in [0.15, 0.2) is 5.78 Å². The Bertz CT molecular complexity index is 752. The molecule has 0 unspecified atom stereocenters. The summed E-state index contributed by atoms with van der Waals surface area (Å²) in [4.78, 5) is 34.0. The minimum Gasteiger partial charge on any atom is -0.423 e. The zero-order chi connectivity index (χ0) is 16.1. The summed E-state index contributed by atoms with van der Waals surface area (Å²) in [5.74, 6) is -1.28. The van der Waals surface area contributed by atoms with Gasteiger partial charge < -0.3 is 4.74 Å². The highest BCUT2D eigenvalue weighted by atomic mass is 16.6. The molecule has 0 aliphatic heterocycles. The number of hydrogen-bond donors (Lipinski definition) is 0. The third-order valence-electron chi connectivity index (χ3n) is 2.83. The summed E-state index contributed by atoms with van der Waals surface area (Å²) in [6, 6.07) is 11.7. The van der Waals surface area contributed by atoms with E-state index < -0.39 is 16.7 Å². The number of nitrogens with zero attached hydrogens (tertiary/aromatic N) is 1. The predicted molar refractivity (Wildman–Crippen MR) is 78.8 cm³/mol. The van der Waals surface area contributed by atoms with E-state index in [0.717, 1.165) is 18.2 Å². The first kappa shape index (κ1) is 15.1. The number of nitro groups is 1. The number of ether oxygens (including phenoxy) is 1. The lowest BCUT2D eigenvalue weighted by Gasteiger charge is -2.08. The SMILES string of the molecule is C=CC(=O)Oc1ccc([N+](=O)[O-])cc1C(=O)c1ccccc1. The predicted octanol–water partition coefficient (Wildman–Crippen LogP) is 2.92. The fourth-order valence-corrected chi connectivity index (χ4v) is 1.79. The van der Waals surface area contributed by atoms with E-state index in [1.165, 1.54) is 6.07 Å². The van der Waals surface area contributed by atoms with Gasteiger partial charge in [-0.2, -0.15) is 0 Å². The van der Waals surface area contributed by atoms with Crippen LogP contribution in [0.5, 0.6) is 5.75 Å². The van der Waals surface area contributed by atoms with Gasteiger partial charge in [-0.15, -0.1) is 0 Å². The molecule has 0 atom stereocenters. The Balaban J connectivity index is 2.52. The highest BCUT2D eigenvalue weighted by Gasteiger charge is 2.20. The topological polar surface area (TPSA) is 86.5 Å². The highest BCUT2D eigenvalue weighted by molar-refractivity contribution is 6.11. The molecule has 2 aromatic rings. The molecular formula is C16H11NO5. The monoisotopic (exact) mass is 297 g/mol. The maximum Gasteiger partial charge on any atom is 0.335 e. The maximum absolute atomic E-state index is 12.5. The Labute approximate surface area is 125 Å². The lowest BCUT2D eigenvalue weighted by atomic mass is 10.0. The minimum atomic E-state index is -0.754. The van der Waals surface area contributed by atoms with Crippen LogP contribution in [0.1, 0.15) is 15.9 Å². The van der Waals surface area contributed by atoms with Gasteiger partial charge in [-0.1, -0.05) is 36.9 Å². The van der Waals surface area contributed by atoms with Gasteiger partial charge in [0.25, 0.3) is 5.69 Å². The van der Waals surface area contributed by atoms with Gasteiger partial charge in [0.2, 0.25) is 0 Å². The van der Waals surface area contributed by atoms with E-state index in [4.69, 9.17) is 4.74 Å². The third kappa shape index (κ3) is 3.24. The van der Waals surface area contributed by atoms with Crippen LogP contribution in [0, 0.1) is 10.1 Å². The van der Waals surface area contributed by atoms with Crippen LogP contribution in [0.3, 0.4) is 0 Å². The van der Waals surface area contributed by atoms with Crippen LogP contribution < -0.4 is 4.74 Å². The van der Waals surface area contributed by atoms with Crippen molar-refractivity contribution in [3.05, 3.63) is 82.4 Å². The van der Waals surface area contributed by atoms with Crippen molar-refractivity contribution in [3.63, 3.8) is 0 Å². The summed E-state index contributed by atoms with van der Waals surface area (Å²) < 4.78 is 4.97. The molecule has 0 heterocycles. The van der Waals surface area contributed by atoms with Crippen LogP contribution in [0.25, 0.3) is 0 Å². The minimum absolute atomic E-state index is 0.0515. The standard InChI is InChI=1S/C16H11NO5/c1-2-15(18)22-14-9-8-12(17(20)21)10-13(14)16(19)11-6-4-3-5-7-11/h2-10H,1H2. The number of esters is 1. The van der Waals surface area contributed by atoms with Gasteiger partial charge in [0, 0.05) is 23.8 Å². The van der Waals surface area contributed by atoms with Gasteiger partial charge in [0.05, 0.1) is 10.5 Å². The molecule has 6 nitrogen and oxygen atoms in total. The Kier molecular flexibility index (Phi) is 4.43. The van der Waals surface area contributed by atoms with Crippen molar-refractivity contribution in [1.82, 2.24) is 0 Å². The van der Waals surface area contributed by atoms with E-state index in [1.54, 1.807) is 30.3 Å². The van der Waals surface area contributed by atoms with Crippen LogP contribution >= 0.6 is 0 Å². The summed E-state index contributed by atoms with van der Waals surface area (Å²) in [7, 11) is 0. The number of benzene rings is 2. The summed E-state index contributed by atoms with van der Waals surface area (Å²) in [5.41, 5.74) is 0.00665. The van der Waals surface area contributed by atoms with Crippen molar-refractivity contribution in [2.75, 3.05) is 0 Å². The van der Waals surface area contributed by atoms with Gasteiger partial charge in [-0.25, -0.2) is 4.79 Å². The molecular weight excluding hydrogens is 286 g/mol. The van der Waals surface area contributed by atoms with Gasteiger partial charge in [0.1, 0.15) is 5.75 Å². The molecule has 0 saturated heterocycles. The molecule has 0 amide bonds. The Morgan fingerprint density at radius 1 is 1.14 bits per heavy atom. The van der Waals surface area contributed by atoms with E-state index >= 15 is 0 Å². The molecule has 0 spiro atoms. The normalized spacial score (nSPS) is 9.82. The third-order valence-corrected chi connectivity index (χ3v) is 2.83. The Morgan fingerprint density at radius 2 is 1.82 bits per heavy atom. The van der Waals surface area contributed by atoms with Crippen LogP contribution in [0.2, 0.25) is 0 Å².